The molecule has 2 N–H and O–H groups in total. The van der Waals surface area contributed by atoms with Gasteiger partial charge in [-0.1, -0.05) is 6.08 Å². The second kappa shape index (κ2) is 5.49. The molecule has 4 nitrogen and oxygen atoms in total. The third-order valence-corrected chi connectivity index (χ3v) is 2.75. The van der Waals surface area contributed by atoms with Crippen LogP contribution in [0.2, 0.25) is 0 Å². The Bertz CT molecular complexity index is 473. The lowest BCUT2D eigenvalue weighted by Crippen LogP contribution is -2.23. The minimum Gasteiger partial charge on any atom is -0.315 e. The first-order valence-electron chi connectivity index (χ1n) is 6.00. The van der Waals surface area contributed by atoms with Gasteiger partial charge in [-0.2, -0.15) is 0 Å². The highest BCUT2D eigenvalue weighted by Gasteiger charge is 2.17. The normalized spacial score (nSPS) is 14.5. The molecule has 2 amide bonds. The van der Waals surface area contributed by atoms with Gasteiger partial charge in [0.25, 0.3) is 0 Å². The number of benzene rings is 1. The molecule has 0 spiro atoms. The Kier molecular flexibility index (Phi) is 3.77. The summed E-state index contributed by atoms with van der Waals surface area (Å²) in [6.07, 6.45) is 6.11. The summed E-state index contributed by atoms with van der Waals surface area (Å²) in [5.41, 5.74) is 1.30. The summed E-state index contributed by atoms with van der Waals surface area (Å²) in [6.45, 7) is 1.51. The molecule has 1 aliphatic rings. The van der Waals surface area contributed by atoms with E-state index >= 15 is 0 Å². The van der Waals surface area contributed by atoms with E-state index < -0.39 is 0 Å². The quantitative estimate of drug-likeness (QED) is 0.800. The number of carbonyl (C=O) groups is 2. The van der Waals surface area contributed by atoms with E-state index in [1.54, 1.807) is 30.5 Å². The number of nitrogens with one attached hydrogen (secondary N) is 2. The number of anilines is 1. The number of ketones is 1. The highest BCUT2D eigenvalue weighted by Crippen LogP contribution is 2.29. The highest BCUT2D eigenvalue weighted by molar-refractivity contribution is 5.95. The third-order valence-electron chi connectivity index (χ3n) is 2.75. The summed E-state index contributed by atoms with van der Waals surface area (Å²) >= 11 is 0. The van der Waals surface area contributed by atoms with Crippen LogP contribution in [0, 0.1) is 5.92 Å². The first kappa shape index (κ1) is 12.4. The van der Waals surface area contributed by atoms with Gasteiger partial charge in [0.15, 0.2) is 5.78 Å². The van der Waals surface area contributed by atoms with E-state index in [9.17, 15) is 9.59 Å². The van der Waals surface area contributed by atoms with E-state index in [1.807, 2.05) is 6.08 Å². The summed E-state index contributed by atoms with van der Waals surface area (Å²) in [7, 11) is 0. The molecule has 94 valence electrons. The zero-order valence-corrected chi connectivity index (χ0v) is 10.3. The number of hydrogen-bond acceptors (Lipinski definition) is 2. The summed E-state index contributed by atoms with van der Waals surface area (Å²) in [5.74, 6) is 0.651. The Morgan fingerprint density at radius 1 is 1.22 bits per heavy atom. The maximum absolute atomic E-state index is 11.5. The van der Waals surface area contributed by atoms with Crippen LogP contribution >= 0.6 is 0 Å². The van der Waals surface area contributed by atoms with Crippen molar-refractivity contribution in [2.75, 3.05) is 5.32 Å². The smallest absolute Gasteiger partial charge is 0.315 e. The van der Waals surface area contributed by atoms with Crippen LogP contribution in [-0.2, 0) is 0 Å². The van der Waals surface area contributed by atoms with Crippen molar-refractivity contribution in [2.24, 2.45) is 5.92 Å². The fourth-order valence-corrected chi connectivity index (χ4v) is 1.50. The maximum atomic E-state index is 11.5. The van der Waals surface area contributed by atoms with Gasteiger partial charge in [0.1, 0.15) is 0 Å². The van der Waals surface area contributed by atoms with E-state index in [4.69, 9.17) is 0 Å². The van der Waals surface area contributed by atoms with Crippen molar-refractivity contribution in [1.29, 1.82) is 0 Å². The molecule has 0 bridgehead atoms. The minimum absolute atomic E-state index is 0.0124. The number of Topliss-reactive ketones (excluding diaryl/α,β-unsaturated/α-hetero) is 1. The van der Waals surface area contributed by atoms with Crippen molar-refractivity contribution >= 4 is 17.5 Å². The topological polar surface area (TPSA) is 58.2 Å². The van der Waals surface area contributed by atoms with Gasteiger partial charge in [-0.15, -0.1) is 0 Å². The number of amides is 2. The Morgan fingerprint density at radius 3 is 2.44 bits per heavy atom. The Labute approximate surface area is 106 Å². The van der Waals surface area contributed by atoms with Crippen LogP contribution in [0.3, 0.4) is 0 Å². The molecule has 4 heteroatoms. The summed E-state index contributed by atoms with van der Waals surface area (Å²) in [5, 5.41) is 5.33. The molecular weight excluding hydrogens is 228 g/mol. The van der Waals surface area contributed by atoms with Crippen LogP contribution in [0.1, 0.15) is 30.1 Å². The number of rotatable bonds is 4. The molecule has 0 aromatic heterocycles. The van der Waals surface area contributed by atoms with Crippen molar-refractivity contribution in [3.63, 3.8) is 0 Å². The van der Waals surface area contributed by atoms with Gasteiger partial charge in [-0.05, 0) is 49.9 Å². The molecule has 0 aliphatic heterocycles. The van der Waals surface area contributed by atoms with Gasteiger partial charge in [-0.25, -0.2) is 4.79 Å². The number of allylic oxidation sites excluding steroid dienone is 1. The standard InChI is InChI=1S/C14H16N2O2/c1-10(17)12-4-6-13(7-5-12)16-14(18)15-9-8-11-2-3-11/h4-9,11H,2-3H2,1H3,(H2,15,16,18)/b9-8+. The fourth-order valence-electron chi connectivity index (χ4n) is 1.50. The van der Waals surface area contributed by atoms with Crippen molar-refractivity contribution < 1.29 is 9.59 Å². The highest BCUT2D eigenvalue weighted by atomic mass is 16.2. The first-order valence-corrected chi connectivity index (χ1v) is 6.00. The van der Waals surface area contributed by atoms with Gasteiger partial charge in [0, 0.05) is 17.5 Å². The predicted molar refractivity (Wildman–Crippen MR) is 70.5 cm³/mol. The van der Waals surface area contributed by atoms with Crippen LogP contribution in [0.4, 0.5) is 10.5 Å². The molecule has 0 atom stereocenters. The molecule has 2 rings (SSSR count). The van der Waals surface area contributed by atoms with Crippen LogP contribution < -0.4 is 10.6 Å². The van der Waals surface area contributed by atoms with Crippen molar-refractivity contribution in [2.45, 2.75) is 19.8 Å². The summed E-state index contributed by atoms with van der Waals surface area (Å²) in [4.78, 5) is 22.6. The molecule has 0 heterocycles. The number of urea groups is 1. The van der Waals surface area contributed by atoms with Crippen LogP contribution in [0.25, 0.3) is 0 Å². The van der Waals surface area contributed by atoms with Gasteiger partial charge in [0.05, 0.1) is 0 Å². The van der Waals surface area contributed by atoms with E-state index in [0.717, 1.165) is 0 Å². The van der Waals surface area contributed by atoms with Crippen LogP contribution in [0.5, 0.6) is 0 Å². The minimum atomic E-state index is -0.275. The average Bonchev–Trinajstić information content (AvgIpc) is 3.13. The first-order chi connectivity index (χ1) is 8.65. The fraction of sp³-hybridized carbons (Fsp3) is 0.286. The average molecular weight is 244 g/mol. The predicted octanol–water partition coefficient (Wildman–Crippen LogP) is 2.93. The molecule has 1 aromatic carbocycles. The Hall–Kier alpha value is -2.10. The molecule has 0 unspecified atom stereocenters. The van der Waals surface area contributed by atoms with Crippen molar-refractivity contribution in [3.05, 3.63) is 42.1 Å². The second-order valence-electron chi connectivity index (χ2n) is 4.43. The molecule has 1 aliphatic carbocycles. The third kappa shape index (κ3) is 3.73. The van der Waals surface area contributed by atoms with Gasteiger partial charge >= 0.3 is 6.03 Å². The van der Waals surface area contributed by atoms with Crippen molar-refractivity contribution in [3.8, 4) is 0 Å². The monoisotopic (exact) mass is 244 g/mol. The number of hydrogen-bond donors (Lipinski definition) is 2. The van der Waals surface area contributed by atoms with E-state index in [-0.39, 0.29) is 11.8 Å². The second-order valence-corrected chi connectivity index (χ2v) is 4.43. The maximum Gasteiger partial charge on any atom is 0.323 e. The largest absolute Gasteiger partial charge is 0.323 e. The lowest BCUT2D eigenvalue weighted by atomic mass is 10.1. The lowest BCUT2D eigenvalue weighted by Gasteiger charge is -2.04. The molecule has 0 saturated heterocycles. The molecular formula is C14H16N2O2. The van der Waals surface area contributed by atoms with E-state index in [2.05, 4.69) is 10.6 Å². The summed E-state index contributed by atoms with van der Waals surface area (Å²) < 4.78 is 0. The van der Waals surface area contributed by atoms with Crippen LogP contribution in [-0.4, -0.2) is 11.8 Å². The molecule has 18 heavy (non-hydrogen) atoms. The molecule has 0 radical (unpaired) electrons. The summed E-state index contributed by atoms with van der Waals surface area (Å²) in [6, 6.07) is 6.53. The molecule has 1 saturated carbocycles. The Morgan fingerprint density at radius 2 is 1.89 bits per heavy atom. The zero-order valence-electron chi connectivity index (χ0n) is 10.3. The zero-order chi connectivity index (χ0) is 13.0. The van der Waals surface area contributed by atoms with Gasteiger partial charge in [-0.3, -0.25) is 4.79 Å². The molecule has 1 aromatic rings. The van der Waals surface area contributed by atoms with Gasteiger partial charge < -0.3 is 10.6 Å². The SMILES string of the molecule is CC(=O)c1ccc(NC(=O)N/C=C/C2CC2)cc1. The van der Waals surface area contributed by atoms with Gasteiger partial charge in [0.2, 0.25) is 0 Å². The Balaban J connectivity index is 1.84. The lowest BCUT2D eigenvalue weighted by molar-refractivity contribution is 0.101. The molecule has 1 fully saturated rings. The number of carbonyl (C=O) groups excluding carboxylic acids is 2. The van der Waals surface area contributed by atoms with E-state index in [1.165, 1.54) is 19.8 Å². The van der Waals surface area contributed by atoms with E-state index in [0.29, 0.717) is 17.2 Å². The van der Waals surface area contributed by atoms with Crippen molar-refractivity contribution in [1.82, 2.24) is 5.32 Å². The van der Waals surface area contributed by atoms with Crippen LogP contribution in [0.15, 0.2) is 36.5 Å².